The fourth-order valence-electron chi connectivity index (χ4n) is 1.58. The summed E-state index contributed by atoms with van der Waals surface area (Å²) in [5.74, 6) is 0.650. The van der Waals surface area contributed by atoms with Crippen LogP contribution in [0.2, 0.25) is 5.02 Å². The summed E-state index contributed by atoms with van der Waals surface area (Å²) in [6.07, 6.45) is 3.73. The van der Waals surface area contributed by atoms with Gasteiger partial charge in [0.15, 0.2) is 0 Å². The lowest BCUT2D eigenvalue weighted by molar-refractivity contribution is -0.121. The third kappa shape index (κ3) is 4.90. The Balaban J connectivity index is 1.66. The predicted octanol–water partition coefficient (Wildman–Crippen LogP) is 2.82. The standard InChI is InChI=1S/C15H15ClN2O2/c16-13-3-5-14(6-4-13)20-9-7-15(19)18-11-12-2-1-8-17-10-12/h1-6,8,10H,7,9,11H2,(H,18,19). The van der Waals surface area contributed by atoms with E-state index in [0.717, 1.165) is 5.56 Å². The number of rotatable bonds is 6. The predicted molar refractivity (Wildman–Crippen MR) is 77.6 cm³/mol. The quantitative estimate of drug-likeness (QED) is 0.890. The molecule has 0 aliphatic heterocycles. The Hall–Kier alpha value is -2.07. The number of carbonyl (C=O) groups is 1. The topological polar surface area (TPSA) is 51.2 Å². The summed E-state index contributed by atoms with van der Waals surface area (Å²) in [7, 11) is 0. The molecule has 4 nitrogen and oxygen atoms in total. The van der Waals surface area contributed by atoms with Gasteiger partial charge >= 0.3 is 0 Å². The number of pyridine rings is 1. The molecule has 0 unspecified atom stereocenters. The normalized spacial score (nSPS) is 10.1. The third-order valence-electron chi connectivity index (χ3n) is 2.62. The first-order valence-corrected chi connectivity index (χ1v) is 6.66. The van der Waals surface area contributed by atoms with Crippen LogP contribution in [0.3, 0.4) is 0 Å². The smallest absolute Gasteiger partial charge is 0.223 e. The molecule has 104 valence electrons. The third-order valence-corrected chi connectivity index (χ3v) is 2.88. The Morgan fingerprint density at radius 1 is 1.25 bits per heavy atom. The maximum atomic E-state index is 11.6. The van der Waals surface area contributed by atoms with E-state index < -0.39 is 0 Å². The molecule has 0 bridgehead atoms. The molecule has 0 saturated heterocycles. The van der Waals surface area contributed by atoms with Crippen LogP contribution in [0.25, 0.3) is 0 Å². The number of carbonyl (C=O) groups excluding carboxylic acids is 1. The van der Waals surface area contributed by atoms with Gasteiger partial charge in [0, 0.05) is 24.0 Å². The molecule has 20 heavy (non-hydrogen) atoms. The van der Waals surface area contributed by atoms with Crippen LogP contribution in [0.1, 0.15) is 12.0 Å². The molecule has 1 aromatic heterocycles. The molecular formula is C15H15ClN2O2. The highest BCUT2D eigenvalue weighted by molar-refractivity contribution is 6.30. The van der Waals surface area contributed by atoms with Gasteiger partial charge in [-0.25, -0.2) is 0 Å². The molecule has 0 fully saturated rings. The van der Waals surface area contributed by atoms with Crippen molar-refractivity contribution in [1.29, 1.82) is 0 Å². The van der Waals surface area contributed by atoms with Gasteiger partial charge in [-0.2, -0.15) is 0 Å². The summed E-state index contributed by atoms with van der Waals surface area (Å²) >= 11 is 5.77. The van der Waals surface area contributed by atoms with Crippen LogP contribution >= 0.6 is 11.6 Å². The molecule has 2 rings (SSSR count). The molecule has 1 heterocycles. The number of benzene rings is 1. The van der Waals surface area contributed by atoms with Gasteiger partial charge in [0.05, 0.1) is 13.0 Å². The van der Waals surface area contributed by atoms with Crippen molar-refractivity contribution >= 4 is 17.5 Å². The van der Waals surface area contributed by atoms with E-state index >= 15 is 0 Å². The van der Waals surface area contributed by atoms with Gasteiger partial charge in [-0.15, -0.1) is 0 Å². The highest BCUT2D eigenvalue weighted by Crippen LogP contribution is 2.15. The molecule has 5 heteroatoms. The number of ether oxygens (including phenoxy) is 1. The van der Waals surface area contributed by atoms with Crippen molar-refractivity contribution in [2.75, 3.05) is 6.61 Å². The number of hydrogen-bond acceptors (Lipinski definition) is 3. The zero-order chi connectivity index (χ0) is 14.2. The minimum Gasteiger partial charge on any atom is -0.493 e. The van der Waals surface area contributed by atoms with E-state index in [2.05, 4.69) is 10.3 Å². The first-order chi connectivity index (χ1) is 9.74. The van der Waals surface area contributed by atoms with Crippen LogP contribution in [0.15, 0.2) is 48.8 Å². The average molecular weight is 291 g/mol. The summed E-state index contributed by atoms with van der Waals surface area (Å²) in [4.78, 5) is 15.6. The number of halogens is 1. The minimum absolute atomic E-state index is 0.0529. The zero-order valence-electron chi connectivity index (χ0n) is 10.9. The summed E-state index contributed by atoms with van der Waals surface area (Å²) in [5, 5.41) is 3.47. The average Bonchev–Trinajstić information content (AvgIpc) is 2.48. The molecular weight excluding hydrogens is 276 g/mol. The molecule has 0 saturated carbocycles. The van der Waals surface area contributed by atoms with Crippen molar-refractivity contribution in [2.45, 2.75) is 13.0 Å². The summed E-state index contributed by atoms with van der Waals surface area (Å²) in [6, 6.07) is 10.8. The van der Waals surface area contributed by atoms with Crippen molar-refractivity contribution in [3.8, 4) is 5.75 Å². The van der Waals surface area contributed by atoms with Crippen molar-refractivity contribution in [3.05, 3.63) is 59.4 Å². The second-order valence-corrected chi connectivity index (χ2v) is 4.63. The van der Waals surface area contributed by atoms with Gasteiger partial charge in [-0.05, 0) is 35.9 Å². The Morgan fingerprint density at radius 2 is 2.05 bits per heavy atom. The van der Waals surface area contributed by atoms with E-state index in [-0.39, 0.29) is 5.91 Å². The van der Waals surface area contributed by atoms with Crippen molar-refractivity contribution in [2.24, 2.45) is 0 Å². The SMILES string of the molecule is O=C(CCOc1ccc(Cl)cc1)NCc1cccnc1. The zero-order valence-corrected chi connectivity index (χ0v) is 11.6. The number of nitrogens with one attached hydrogen (secondary N) is 1. The summed E-state index contributed by atoms with van der Waals surface area (Å²) < 4.78 is 5.45. The van der Waals surface area contributed by atoms with Crippen molar-refractivity contribution in [3.63, 3.8) is 0 Å². The van der Waals surface area contributed by atoms with E-state index in [1.807, 2.05) is 12.1 Å². The van der Waals surface area contributed by atoms with Crippen LogP contribution in [0, 0.1) is 0 Å². The number of aromatic nitrogens is 1. The Labute approximate surface area is 122 Å². The summed E-state index contributed by atoms with van der Waals surface area (Å²) in [6.45, 7) is 0.814. The lowest BCUT2D eigenvalue weighted by atomic mass is 10.3. The highest BCUT2D eigenvalue weighted by atomic mass is 35.5. The van der Waals surface area contributed by atoms with Gasteiger partial charge in [0.25, 0.3) is 0 Å². The fourth-order valence-corrected chi connectivity index (χ4v) is 1.71. The molecule has 1 aromatic carbocycles. The number of nitrogens with zero attached hydrogens (tertiary/aromatic N) is 1. The minimum atomic E-state index is -0.0529. The highest BCUT2D eigenvalue weighted by Gasteiger charge is 2.02. The molecule has 0 aliphatic rings. The van der Waals surface area contributed by atoms with Gasteiger partial charge in [0.2, 0.25) is 5.91 Å². The molecule has 2 aromatic rings. The van der Waals surface area contributed by atoms with Gasteiger partial charge in [-0.3, -0.25) is 9.78 Å². The van der Waals surface area contributed by atoms with Crippen LogP contribution < -0.4 is 10.1 Å². The van der Waals surface area contributed by atoms with Crippen LogP contribution in [0.4, 0.5) is 0 Å². The van der Waals surface area contributed by atoms with Gasteiger partial charge in [-0.1, -0.05) is 17.7 Å². The largest absolute Gasteiger partial charge is 0.493 e. The lowest BCUT2D eigenvalue weighted by Crippen LogP contribution is -2.24. The monoisotopic (exact) mass is 290 g/mol. The Bertz CT molecular complexity index is 544. The van der Waals surface area contributed by atoms with Crippen LogP contribution in [-0.2, 0) is 11.3 Å². The Kier molecular flexibility index (Phi) is 5.38. The maximum Gasteiger partial charge on any atom is 0.223 e. The number of hydrogen-bond donors (Lipinski definition) is 1. The van der Waals surface area contributed by atoms with E-state index in [4.69, 9.17) is 16.3 Å². The molecule has 1 amide bonds. The molecule has 0 spiro atoms. The fraction of sp³-hybridized carbons (Fsp3) is 0.200. The van der Waals surface area contributed by atoms with Crippen molar-refractivity contribution < 1.29 is 9.53 Å². The van der Waals surface area contributed by atoms with Gasteiger partial charge in [0.1, 0.15) is 5.75 Å². The van der Waals surface area contributed by atoms with E-state index in [0.29, 0.717) is 30.3 Å². The van der Waals surface area contributed by atoms with Crippen molar-refractivity contribution in [1.82, 2.24) is 10.3 Å². The molecule has 0 aliphatic carbocycles. The van der Waals surface area contributed by atoms with Crippen LogP contribution in [-0.4, -0.2) is 17.5 Å². The second-order valence-electron chi connectivity index (χ2n) is 4.19. The molecule has 0 radical (unpaired) electrons. The van der Waals surface area contributed by atoms with E-state index in [9.17, 15) is 4.79 Å². The van der Waals surface area contributed by atoms with E-state index in [1.54, 1.807) is 36.7 Å². The Morgan fingerprint density at radius 3 is 2.75 bits per heavy atom. The first kappa shape index (κ1) is 14.3. The lowest BCUT2D eigenvalue weighted by Gasteiger charge is -2.07. The summed E-state index contributed by atoms with van der Waals surface area (Å²) in [5.41, 5.74) is 0.972. The van der Waals surface area contributed by atoms with Gasteiger partial charge < -0.3 is 10.1 Å². The number of amides is 1. The first-order valence-electron chi connectivity index (χ1n) is 6.28. The second kappa shape index (κ2) is 7.50. The molecule has 0 atom stereocenters. The van der Waals surface area contributed by atoms with Crippen LogP contribution in [0.5, 0.6) is 5.75 Å². The van der Waals surface area contributed by atoms with E-state index in [1.165, 1.54) is 0 Å². The molecule has 1 N–H and O–H groups in total. The maximum absolute atomic E-state index is 11.6.